The Morgan fingerprint density at radius 1 is 1.43 bits per heavy atom. The van der Waals surface area contributed by atoms with Gasteiger partial charge >= 0.3 is 32.7 Å². The summed E-state index contributed by atoms with van der Waals surface area (Å²) in [7, 11) is 0. The first-order valence-electron chi connectivity index (χ1n) is 4.34. The first kappa shape index (κ1) is 16.4. The van der Waals surface area contributed by atoms with Crippen LogP contribution in [0, 0.1) is 13.5 Å². The molecule has 0 N–H and O–H groups in total. The molecule has 0 aliphatic heterocycles. The van der Waals surface area contributed by atoms with E-state index in [2.05, 4.69) is 13.0 Å². The molecule has 0 amide bonds. The molecule has 0 unspecified atom stereocenters. The summed E-state index contributed by atoms with van der Waals surface area (Å²) in [5.41, 5.74) is 0.714. The molecule has 0 aliphatic rings. The Morgan fingerprint density at radius 3 is 2.64 bits per heavy atom. The summed E-state index contributed by atoms with van der Waals surface area (Å²) < 4.78 is 0. The normalized spacial score (nSPS) is 8.36. The molecule has 1 aromatic carbocycles. The van der Waals surface area contributed by atoms with Crippen LogP contribution in [-0.4, -0.2) is 5.78 Å². The Labute approximate surface area is 112 Å². The molecule has 0 atom stereocenters. The van der Waals surface area contributed by atoms with Gasteiger partial charge in [0.25, 0.3) is 0 Å². The van der Waals surface area contributed by atoms with Crippen LogP contribution in [0.1, 0.15) is 36.5 Å². The van der Waals surface area contributed by atoms with E-state index in [9.17, 15) is 4.79 Å². The monoisotopic (exact) mass is 265 g/mol. The number of rotatable bonds is 4. The number of carbonyl (C=O) groups is 1. The largest absolute Gasteiger partial charge is 3.00 e. The summed E-state index contributed by atoms with van der Waals surface area (Å²) in [5, 5.41) is 0. The number of ketones is 1. The third-order valence-electron chi connectivity index (χ3n) is 1.77. The summed E-state index contributed by atoms with van der Waals surface area (Å²) in [5.74, 6) is 0.206. The molecular formula is C12H16OY+. The van der Waals surface area contributed by atoms with Crippen molar-refractivity contribution >= 4 is 5.78 Å². The SMILES string of the molecule is CCCCC(=O)c1[c-]cccc1.[CH3-].[Y+3]. The van der Waals surface area contributed by atoms with E-state index in [0.29, 0.717) is 12.0 Å². The zero-order valence-corrected chi connectivity index (χ0v) is 11.8. The van der Waals surface area contributed by atoms with Crippen molar-refractivity contribution in [3.8, 4) is 0 Å². The van der Waals surface area contributed by atoms with Gasteiger partial charge in [-0.3, -0.25) is 0 Å². The Balaban J connectivity index is 0. The molecule has 14 heavy (non-hydrogen) atoms. The van der Waals surface area contributed by atoms with Gasteiger partial charge in [-0.1, -0.05) is 19.8 Å². The van der Waals surface area contributed by atoms with E-state index in [-0.39, 0.29) is 45.9 Å². The van der Waals surface area contributed by atoms with Crippen LogP contribution in [0.15, 0.2) is 24.3 Å². The molecular weight excluding hydrogens is 249 g/mol. The number of Topliss-reactive ketones (excluding diaryl/α,β-unsaturated/α-hetero) is 1. The first-order chi connectivity index (χ1) is 5.84. The predicted molar refractivity (Wildman–Crippen MR) is 55.5 cm³/mol. The average Bonchev–Trinajstić information content (AvgIpc) is 2.15. The molecule has 0 saturated heterocycles. The van der Waals surface area contributed by atoms with Crippen molar-refractivity contribution in [2.24, 2.45) is 0 Å². The van der Waals surface area contributed by atoms with Crippen molar-refractivity contribution in [3.05, 3.63) is 43.3 Å². The van der Waals surface area contributed by atoms with Gasteiger partial charge in [0.2, 0.25) is 0 Å². The van der Waals surface area contributed by atoms with E-state index in [1.54, 1.807) is 6.07 Å². The van der Waals surface area contributed by atoms with Crippen LogP contribution in [-0.2, 0) is 32.7 Å². The number of hydrogen-bond donors (Lipinski definition) is 0. The maximum absolute atomic E-state index is 11.4. The van der Waals surface area contributed by atoms with Crippen LogP contribution in [0.2, 0.25) is 0 Å². The number of unbranched alkanes of at least 4 members (excludes halogenated alkanes) is 1. The van der Waals surface area contributed by atoms with Gasteiger partial charge in [-0.2, -0.15) is 0 Å². The number of hydrogen-bond acceptors (Lipinski definition) is 1. The van der Waals surface area contributed by atoms with Gasteiger partial charge in [0.1, 0.15) is 0 Å². The molecule has 1 aromatic rings. The molecule has 0 aliphatic carbocycles. The number of carbonyl (C=O) groups excluding carboxylic acids is 1. The van der Waals surface area contributed by atoms with Crippen LogP contribution >= 0.6 is 0 Å². The minimum absolute atomic E-state index is 0. The van der Waals surface area contributed by atoms with Gasteiger partial charge in [-0.25, -0.2) is 0 Å². The van der Waals surface area contributed by atoms with Crippen molar-refractivity contribution in [2.75, 3.05) is 0 Å². The first-order valence-corrected chi connectivity index (χ1v) is 4.34. The molecule has 0 bridgehead atoms. The van der Waals surface area contributed by atoms with Crippen LogP contribution < -0.4 is 0 Å². The second-order valence-electron chi connectivity index (χ2n) is 2.80. The summed E-state index contributed by atoms with van der Waals surface area (Å²) in [6.07, 6.45) is 2.69. The average molecular weight is 265 g/mol. The summed E-state index contributed by atoms with van der Waals surface area (Å²) in [6, 6.07) is 10.3. The fourth-order valence-corrected chi connectivity index (χ4v) is 1.04. The minimum Gasteiger partial charge on any atom is -0.358 e. The van der Waals surface area contributed by atoms with Crippen LogP contribution in [0.3, 0.4) is 0 Å². The predicted octanol–water partition coefficient (Wildman–Crippen LogP) is 3.31. The second-order valence-corrected chi connectivity index (χ2v) is 2.80. The third kappa shape index (κ3) is 5.67. The van der Waals surface area contributed by atoms with Crippen molar-refractivity contribution in [2.45, 2.75) is 26.2 Å². The van der Waals surface area contributed by atoms with E-state index >= 15 is 0 Å². The van der Waals surface area contributed by atoms with Crippen molar-refractivity contribution in [1.82, 2.24) is 0 Å². The molecule has 0 spiro atoms. The van der Waals surface area contributed by atoms with Gasteiger partial charge in [0.15, 0.2) is 0 Å². The van der Waals surface area contributed by atoms with E-state index < -0.39 is 0 Å². The Hall–Kier alpha value is -0.00610. The van der Waals surface area contributed by atoms with Crippen LogP contribution in [0.5, 0.6) is 0 Å². The zero-order valence-electron chi connectivity index (χ0n) is 8.92. The van der Waals surface area contributed by atoms with E-state index in [0.717, 1.165) is 12.8 Å². The molecule has 72 valence electrons. The molecule has 1 rings (SSSR count). The molecule has 0 heterocycles. The molecule has 0 fully saturated rings. The summed E-state index contributed by atoms with van der Waals surface area (Å²) in [6.45, 7) is 2.09. The quantitative estimate of drug-likeness (QED) is 0.603. The van der Waals surface area contributed by atoms with Gasteiger partial charge in [-0.05, 0) is 6.42 Å². The summed E-state index contributed by atoms with van der Waals surface area (Å²) in [4.78, 5) is 11.4. The standard InChI is InChI=1S/C11H13O.CH3.Y/c1-2-3-9-11(12)10-7-5-4-6-8-10;;/h4-7H,2-3,9H2,1H3;1H3;/q2*-1;+3. The maximum Gasteiger partial charge on any atom is 3.00 e. The molecule has 2 heteroatoms. The Bertz CT molecular complexity index is 244. The van der Waals surface area contributed by atoms with Gasteiger partial charge < -0.3 is 12.2 Å². The Kier molecular flexibility index (Phi) is 11.2. The fraction of sp³-hybridized carbons (Fsp3) is 0.333. The van der Waals surface area contributed by atoms with Gasteiger partial charge in [0, 0.05) is 0 Å². The van der Waals surface area contributed by atoms with E-state index in [4.69, 9.17) is 0 Å². The molecule has 0 radical (unpaired) electrons. The molecule has 0 saturated carbocycles. The van der Waals surface area contributed by atoms with Crippen molar-refractivity contribution in [3.63, 3.8) is 0 Å². The minimum atomic E-state index is 0. The van der Waals surface area contributed by atoms with Gasteiger partial charge in [-0.15, -0.1) is 35.9 Å². The molecule has 0 aromatic heterocycles. The smallest absolute Gasteiger partial charge is 0.358 e. The molecule has 1 nitrogen and oxygen atoms in total. The van der Waals surface area contributed by atoms with Gasteiger partial charge in [0.05, 0.1) is 5.78 Å². The van der Waals surface area contributed by atoms with Crippen molar-refractivity contribution < 1.29 is 37.5 Å². The van der Waals surface area contributed by atoms with Crippen LogP contribution in [0.4, 0.5) is 0 Å². The summed E-state index contributed by atoms with van der Waals surface area (Å²) >= 11 is 0. The fourth-order valence-electron chi connectivity index (χ4n) is 1.04. The zero-order chi connectivity index (χ0) is 8.81. The van der Waals surface area contributed by atoms with E-state index in [1.807, 2.05) is 18.2 Å². The second kappa shape index (κ2) is 9.55. The van der Waals surface area contributed by atoms with Crippen LogP contribution in [0.25, 0.3) is 0 Å². The number of benzene rings is 1. The maximum atomic E-state index is 11.4. The third-order valence-corrected chi connectivity index (χ3v) is 1.77. The Morgan fingerprint density at radius 2 is 2.14 bits per heavy atom. The van der Waals surface area contributed by atoms with Crippen molar-refractivity contribution in [1.29, 1.82) is 0 Å². The van der Waals surface area contributed by atoms with E-state index in [1.165, 1.54) is 0 Å². The topological polar surface area (TPSA) is 17.1 Å².